The van der Waals surface area contributed by atoms with Crippen molar-refractivity contribution in [1.82, 2.24) is 9.55 Å². The zero-order valence-corrected chi connectivity index (χ0v) is 12.1. The molecule has 22 heavy (non-hydrogen) atoms. The molecule has 0 bridgehead atoms. The highest BCUT2D eigenvalue weighted by molar-refractivity contribution is 8.03. The second kappa shape index (κ2) is 5.11. The van der Waals surface area contributed by atoms with Crippen molar-refractivity contribution >= 4 is 44.6 Å². The number of rotatable bonds is 1. The lowest BCUT2D eigenvalue weighted by Crippen LogP contribution is -2.24. The number of halogens is 2. The Labute approximate surface area is 128 Å². The third-order valence-corrected chi connectivity index (χ3v) is 4.17. The minimum Gasteiger partial charge on any atom is -0.477 e. The molecular formula is C12H5ClFN3O4S. The summed E-state index contributed by atoms with van der Waals surface area (Å²) in [6.07, 6.45) is 2.21. The van der Waals surface area contributed by atoms with Crippen molar-refractivity contribution in [2.75, 3.05) is 0 Å². The van der Waals surface area contributed by atoms with E-state index in [-0.39, 0.29) is 16.2 Å². The Bertz CT molecular complexity index is 982. The number of carbonyl (C=O) groups is 1. The fraction of sp³-hybridized carbons (Fsp3) is 0. The molecule has 112 valence electrons. The minimum atomic E-state index is -1.65. The summed E-state index contributed by atoms with van der Waals surface area (Å²) in [6, 6.07) is 0.793. The van der Waals surface area contributed by atoms with E-state index >= 15 is 0 Å². The van der Waals surface area contributed by atoms with Gasteiger partial charge in [0.05, 0.1) is 5.39 Å². The Balaban J connectivity index is 2.47. The van der Waals surface area contributed by atoms with Gasteiger partial charge < -0.3 is 5.11 Å². The first-order chi connectivity index (χ1) is 10.4. The molecule has 10 heteroatoms. The van der Waals surface area contributed by atoms with Gasteiger partial charge in [-0.05, 0) is 6.07 Å². The average Bonchev–Trinajstić information content (AvgIpc) is 2.87. The number of carboxylic acid groups (broad SMARTS) is 1. The Morgan fingerprint density at radius 3 is 2.77 bits per heavy atom. The smallest absolute Gasteiger partial charge is 0.341 e. The lowest BCUT2D eigenvalue weighted by atomic mass is 10.2. The largest absolute Gasteiger partial charge is 0.477 e. The fourth-order valence-corrected chi connectivity index (χ4v) is 2.85. The number of nitrogens with zero attached hydrogens (tertiary/aromatic N) is 3. The van der Waals surface area contributed by atoms with Crippen LogP contribution in [0.1, 0.15) is 10.4 Å². The fourth-order valence-electron chi connectivity index (χ4n) is 1.92. The van der Waals surface area contributed by atoms with E-state index in [1.807, 2.05) is 0 Å². The van der Waals surface area contributed by atoms with Gasteiger partial charge in [-0.1, -0.05) is 11.6 Å². The van der Waals surface area contributed by atoms with Crippen molar-refractivity contribution in [2.45, 2.75) is 0 Å². The number of hydrogen-bond donors (Lipinski definition) is 1. The second-order valence-corrected chi connectivity index (χ2v) is 5.76. The van der Waals surface area contributed by atoms with Crippen molar-refractivity contribution in [2.24, 2.45) is 4.99 Å². The summed E-state index contributed by atoms with van der Waals surface area (Å²) in [5.41, 5.74) is -1.67. The zero-order valence-electron chi connectivity index (χ0n) is 10.5. The van der Waals surface area contributed by atoms with Gasteiger partial charge in [0.25, 0.3) is 0 Å². The van der Waals surface area contributed by atoms with Gasteiger partial charge in [0.1, 0.15) is 16.4 Å². The van der Waals surface area contributed by atoms with Crippen LogP contribution >= 0.6 is 11.6 Å². The van der Waals surface area contributed by atoms with Crippen LogP contribution in [0.2, 0.25) is 5.15 Å². The van der Waals surface area contributed by atoms with Crippen LogP contribution in [-0.4, -0.2) is 30.0 Å². The van der Waals surface area contributed by atoms with Crippen molar-refractivity contribution < 1.29 is 18.5 Å². The van der Waals surface area contributed by atoms with Gasteiger partial charge in [0.2, 0.25) is 10.6 Å². The molecule has 7 nitrogen and oxygen atoms in total. The van der Waals surface area contributed by atoms with Gasteiger partial charge >= 0.3 is 5.97 Å². The highest BCUT2D eigenvalue weighted by atomic mass is 35.5. The van der Waals surface area contributed by atoms with Crippen LogP contribution in [0.4, 0.5) is 4.39 Å². The topological polar surface area (TPSA) is 102 Å². The van der Waals surface area contributed by atoms with E-state index in [0.29, 0.717) is 0 Å². The number of hydrogen-bond acceptors (Lipinski definition) is 5. The Hall–Kier alpha value is -2.39. The van der Waals surface area contributed by atoms with Gasteiger partial charge in [-0.25, -0.2) is 23.4 Å². The molecule has 0 amide bonds. The van der Waals surface area contributed by atoms with Crippen molar-refractivity contribution in [3.8, 4) is 0 Å². The van der Waals surface area contributed by atoms with Crippen molar-refractivity contribution in [3.05, 3.63) is 50.6 Å². The van der Waals surface area contributed by atoms with E-state index in [1.165, 1.54) is 11.6 Å². The van der Waals surface area contributed by atoms with E-state index in [0.717, 1.165) is 16.8 Å². The molecule has 0 radical (unpaired) electrons. The van der Waals surface area contributed by atoms with E-state index in [4.69, 9.17) is 16.7 Å². The molecule has 0 saturated carbocycles. The molecule has 2 aromatic heterocycles. The van der Waals surface area contributed by atoms with Crippen LogP contribution in [0.5, 0.6) is 0 Å². The van der Waals surface area contributed by atoms with Crippen molar-refractivity contribution in [1.29, 1.82) is 0 Å². The predicted octanol–water partition coefficient (Wildman–Crippen LogP) is 1.32. The molecule has 1 unspecified atom stereocenters. The third kappa shape index (κ3) is 2.14. The maximum absolute atomic E-state index is 13.6. The molecule has 0 aromatic carbocycles. The molecule has 0 spiro atoms. The summed E-state index contributed by atoms with van der Waals surface area (Å²) in [6.45, 7) is 0. The molecule has 2 aromatic rings. The molecule has 0 aliphatic carbocycles. The van der Waals surface area contributed by atoms with E-state index in [2.05, 4.69) is 9.98 Å². The molecular weight excluding hydrogens is 337 g/mol. The van der Waals surface area contributed by atoms with Crippen LogP contribution in [0.15, 0.2) is 33.7 Å². The maximum Gasteiger partial charge on any atom is 0.341 e. The van der Waals surface area contributed by atoms with Crippen LogP contribution in [0, 0.1) is 5.82 Å². The Morgan fingerprint density at radius 2 is 2.18 bits per heavy atom. The SMILES string of the molecule is O=C(O)c1cn(C2=NC=CS2=O)c2nc(Cl)c(F)cc2c1=O. The molecule has 3 heterocycles. The van der Waals surface area contributed by atoms with E-state index < -0.39 is 38.7 Å². The molecule has 1 N–H and O–H groups in total. The summed E-state index contributed by atoms with van der Waals surface area (Å²) >= 11 is 5.61. The maximum atomic E-state index is 13.6. The lowest BCUT2D eigenvalue weighted by molar-refractivity contribution is 0.0695. The van der Waals surface area contributed by atoms with Gasteiger partial charge in [-0.3, -0.25) is 9.36 Å². The first-order valence-corrected chi connectivity index (χ1v) is 7.29. The molecule has 1 aliphatic rings. The highest BCUT2D eigenvalue weighted by Gasteiger charge is 2.22. The number of pyridine rings is 2. The van der Waals surface area contributed by atoms with Crippen LogP contribution in [-0.2, 0) is 10.8 Å². The van der Waals surface area contributed by atoms with Crippen LogP contribution in [0.3, 0.4) is 0 Å². The molecule has 3 rings (SSSR count). The van der Waals surface area contributed by atoms with Crippen LogP contribution in [0.25, 0.3) is 11.0 Å². The number of aliphatic imine (C=N–C) groups is 1. The highest BCUT2D eigenvalue weighted by Crippen LogP contribution is 2.19. The summed E-state index contributed by atoms with van der Waals surface area (Å²) in [5.74, 6) is -2.47. The molecule has 1 atom stereocenters. The summed E-state index contributed by atoms with van der Waals surface area (Å²) in [7, 11) is -1.65. The summed E-state index contributed by atoms with van der Waals surface area (Å²) < 4.78 is 26.5. The zero-order chi connectivity index (χ0) is 16.0. The van der Waals surface area contributed by atoms with E-state index in [1.54, 1.807) is 0 Å². The van der Waals surface area contributed by atoms with Gasteiger partial charge in [0.15, 0.2) is 16.6 Å². The minimum absolute atomic E-state index is 0.0531. The van der Waals surface area contributed by atoms with Gasteiger partial charge in [-0.15, -0.1) is 0 Å². The molecule has 1 aliphatic heterocycles. The van der Waals surface area contributed by atoms with E-state index in [9.17, 15) is 18.2 Å². The Kier molecular flexibility index (Phi) is 3.38. The van der Waals surface area contributed by atoms with Gasteiger partial charge in [-0.2, -0.15) is 0 Å². The number of carboxylic acids is 1. The first-order valence-electron chi connectivity index (χ1n) is 5.70. The number of aromatic carboxylic acids is 1. The second-order valence-electron chi connectivity index (χ2n) is 4.17. The average molecular weight is 342 g/mol. The van der Waals surface area contributed by atoms with Crippen LogP contribution < -0.4 is 5.43 Å². The third-order valence-electron chi connectivity index (χ3n) is 2.87. The monoisotopic (exact) mass is 341 g/mol. The summed E-state index contributed by atoms with van der Waals surface area (Å²) in [4.78, 5) is 30.9. The number of aromatic nitrogens is 2. The number of fused-ring (bicyclic) bond motifs is 1. The first kappa shape index (κ1) is 14.5. The normalized spacial score (nSPS) is 17.0. The van der Waals surface area contributed by atoms with Crippen molar-refractivity contribution in [3.63, 3.8) is 0 Å². The molecule has 0 saturated heterocycles. The molecule has 0 fully saturated rings. The van der Waals surface area contributed by atoms with Gasteiger partial charge in [0, 0.05) is 17.8 Å². The quantitative estimate of drug-likeness (QED) is 0.788. The lowest BCUT2D eigenvalue weighted by Gasteiger charge is -2.10. The predicted molar refractivity (Wildman–Crippen MR) is 78.0 cm³/mol. The Morgan fingerprint density at radius 1 is 1.45 bits per heavy atom. The standard InChI is InChI=1S/C12H5ClFN3O4S/c13-9-7(14)3-5-8(18)6(11(19)20)4-17(10(5)16-9)12-15-1-2-22(12)21/h1-4H,(H,19,20). The summed E-state index contributed by atoms with van der Waals surface area (Å²) in [5, 5.41) is 9.52.